The summed E-state index contributed by atoms with van der Waals surface area (Å²) in [4.78, 5) is 66.0. The number of benzene rings is 1. The number of ketones is 2. The molecule has 0 radical (unpaired) electrons. The summed E-state index contributed by atoms with van der Waals surface area (Å²) >= 11 is 0. The van der Waals surface area contributed by atoms with Crippen molar-refractivity contribution < 1.29 is 48.0 Å². The molecule has 0 aromatic heterocycles. The summed E-state index contributed by atoms with van der Waals surface area (Å²) in [5.41, 5.74) is -0.280. The number of carbonyl (C=O) groups is 5. The van der Waals surface area contributed by atoms with Gasteiger partial charge in [0.25, 0.3) is 0 Å². The topological polar surface area (TPSA) is 146 Å². The minimum absolute atomic E-state index is 0.000468. The molecule has 1 saturated heterocycles. The average molecular weight is 590 g/mol. The molecule has 1 aromatic rings. The fraction of sp³-hybridized carbons (Fsp3) is 0.581. The maximum atomic E-state index is 14.1. The minimum atomic E-state index is -1.58. The van der Waals surface area contributed by atoms with Gasteiger partial charge in [0.2, 0.25) is 5.91 Å². The summed E-state index contributed by atoms with van der Waals surface area (Å²) in [7, 11) is 0. The molecule has 2 amide bonds. The van der Waals surface area contributed by atoms with E-state index in [-0.39, 0.29) is 37.8 Å². The van der Waals surface area contributed by atoms with Gasteiger partial charge in [0.1, 0.15) is 5.60 Å². The number of imide groups is 1. The second-order valence-electron chi connectivity index (χ2n) is 10.9. The van der Waals surface area contributed by atoms with Gasteiger partial charge in [-0.1, -0.05) is 44.2 Å². The van der Waals surface area contributed by atoms with Crippen molar-refractivity contribution in [3.63, 3.8) is 0 Å². The van der Waals surface area contributed by atoms with Gasteiger partial charge < -0.3 is 24.1 Å². The van der Waals surface area contributed by atoms with Crippen molar-refractivity contribution in [3.8, 4) is 0 Å². The second-order valence-corrected chi connectivity index (χ2v) is 10.9. The van der Waals surface area contributed by atoms with Crippen LogP contribution in [0.15, 0.2) is 42.5 Å². The molecule has 232 valence electrons. The molecule has 1 aromatic carbocycles. The molecule has 2 rings (SSSR count). The van der Waals surface area contributed by atoms with Crippen molar-refractivity contribution in [2.24, 2.45) is 11.8 Å². The molecule has 1 N–H and O–H groups in total. The molecule has 1 aliphatic heterocycles. The Bertz CT molecular complexity index is 1100. The number of aliphatic hydroxyl groups is 1. The second kappa shape index (κ2) is 16.9. The van der Waals surface area contributed by atoms with E-state index in [9.17, 15) is 24.0 Å². The molecular weight excluding hydrogens is 546 g/mol. The van der Waals surface area contributed by atoms with Crippen LogP contribution >= 0.6 is 0 Å². The van der Waals surface area contributed by atoms with Crippen LogP contribution in [0.2, 0.25) is 0 Å². The first-order valence-electron chi connectivity index (χ1n) is 14.2. The minimum Gasteiger partial charge on any atom is -0.453 e. The summed E-state index contributed by atoms with van der Waals surface area (Å²) in [5.74, 6) is -4.01. The first kappa shape index (κ1) is 34.8. The molecule has 11 nitrogen and oxygen atoms in total. The van der Waals surface area contributed by atoms with Crippen LogP contribution in [0, 0.1) is 11.8 Å². The van der Waals surface area contributed by atoms with E-state index < -0.39 is 47.4 Å². The van der Waals surface area contributed by atoms with Crippen molar-refractivity contribution >= 4 is 29.5 Å². The Balaban J connectivity index is 2.24. The van der Waals surface area contributed by atoms with Crippen LogP contribution < -0.4 is 0 Å². The van der Waals surface area contributed by atoms with Crippen molar-refractivity contribution in [2.75, 3.05) is 33.0 Å². The summed E-state index contributed by atoms with van der Waals surface area (Å²) in [6.07, 6.45) is 0.211. The molecule has 1 heterocycles. The maximum Gasteiger partial charge on any atom is 0.417 e. The smallest absolute Gasteiger partial charge is 0.417 e. The highest BCUT2D eigenvalue weighted by molar-refractivity contribution is 6.05. The van der Waals surface area contributed by atoms with Gasteiger partial charge in [0, 0.05) is 20.0 Å². The Hall–Kier alpha value is -3.41. The van der Waals surface area contributed by atoms with Gasteiger partial charge in [0.15, 0.2) is 17.7 Å². The van der Waals surface area contributed by atoms with Crippen LogP contribution in [0.4, 0.5) is 4.79 Å². The summed E-state index contributed by atoms with van der Waals surface area (Å²) in [6, 6.07) is 8.25. The molecule has 1 aliphatic rings. The lowest BCUT2D eigenvalue weighted by Gasteiger charge is -2.34. The third-order valence-corrected chi connectivity index (χ3v) is 6.71. The monoisotopic (exact) mass is 589 g/mol. The molecule has 0 aliphatic carbocycles. The van der Waals surface area contributed by atoms with Crippen LogP contribution in [-0.2, 0) is 44.5 Å². The van der Waals surface area contributed by atoms with E-state index in [0.29, 0.717) is 31.8 Å². The summed E-state index contributed by atoms with van der Waals surface area (Å²) in [6.45, 7) is 9.39. The van der Waals surface area contributed by atoms with Crippen LogP contribution in [0.3, 0.4) is 0 Å². The number of cyclic esters (lactones) is 1. The molecule has 0 spiro atoms. The number of rotatable bonds is 18. The van der Waals surface area contributed by atoms with E-state index in [4.69, 9.17) is 24.1 Å². The quantitative estimate of drug-likeness (QED) is 0.154. The standard InChI is InChI=1S/C31H43NO10/c1-21(2)28-31(4,5)42-30(38)32(28)29(37)25(20-23-10-7-6-8-11-23)27(41-22(3)34)26(36)14-13-24(35)12-9-16-39-18-19-40-17-15-33/h6-8,10-11,13-14,21,25,27-28,33H,9,12,15-20H2,1-5H3/t25-,27-,28-/m0/s1. The van der Waals surface area contributed by atoms with E-state index in [1.165, 1.54) is 0 Å². The molecule has 11 heteroatoms. The number of ether oxygens (including phenoxy) is 4. The number of esters is 1. The van der Waals surface area contributed by atoms with Crippen molar-refractivity contribution in [1.82, 2.24) is 4.90 Å². The normalized spacial score (nSPS) is 17.7. The van der Waals surface area contributed by atoms with E-state index >= 15 is 0 Å². The Morgan fingerprint density at radius 3 is 2.26 bits per heavy atom. The number of hydrogen-bond donors (Lipinski definition) is 1. The van der Waals surface area contributed by atoms with Crippen LogP contribution in [0.5, 0.6) is 0 Å². The molecule has 0 bridgehead atoms. The third-order valence-electron chi connectivity index (χ3n) is 6.71. The molecule has 3 atom stereocenters. The predicted octanol–water partition coefficient (Wildman–Crippen LogP) is 3.06. The first-order valence-corrected chi connectivity index (χ1v) is 14.2. The number of nitrogens with zero attached hydrogens (tertiary/aromatic N) is 1. The first-order chi connectivity index (χ1) is 19.9. The average Bonchev–Trinajstić information content (AvgIpc) is 3.18. The number of amides is 2. The third kappa shape index (κ3) is 10.5. The lowest BCUT2D eigenvalue weighted by atomic mass is 9.85. The number of carbonyl (C=O) groups excluding carboxylic acids is 5. The lowest BCUT2D eigenvalue weighted by molar-refractivity contribution is -0.159. The van der Waals surface area contributed by atoms with Crippen molar-refractivity contribution in [2.45, 2.75) is 71.6 Å². The Morgan fingerprint density at radius 2 is 1.67 bits per heavy atom. The summed E-state index contributed by atoms with van der Waals surface area (Å²) in [5, 5.41) is 8.67. The zero-order valence-electron chi connectivity index (χ0n) is 25.1. The zero-order chi connectivity index (χ0) is 31.3. The number of allylic oxidation sites excluding steroid dienone is 1. The van der Waals surface area contributed by atoms with E-state index in [0.717, 1.165) is 24.0 Å². The summed E-state index contributed by atoms with van der Waals surface area (Å²) < 4.78 is 21.4. The van der Waals surface area contributed by atoms with Crippen molar-refractivity contribution in [3.05, 3.63) is 48.0 Å². The molecule has 42 heavy (non-hydrogen) atoms. The van der Waals surface area contributed by atoms with E-state index in [2.05, 4.69) is 0 Å². The van der Waals surface area contributed by atoms with Gasteiger partial charge in [-0.25, -0.2) is 9.69 Å². The highest BCUT2D eigenvalue weighted by atomic mass is 16.6. The van der Waals surface area contributed by atoms with Gasteiger partial charge >= 0.3 is 12.1 Å². The lowest BCUT2D eigenvalue weighted by Crippen LogP contribution is -2.53. The van der Waals surface area contributed by atoms with Gasteiger partial charge in [-0.15, -0.1) is 0 Å². The number of aliphatic hydroxyl groups excluding tert-OH is 1. The van der Waals surface area contributed by atoms with Gasteiger partial charge in [-0.3, -0.25) is 19.2 Å². The SMILES string of the molecule is CC(=O)O[C@H](C(=O)C=CC(=O)CCCOCCOCCO)[C@H](Cc1ccccc1)C(=O)N1C(=O)OC(C)(C)[C@@H]1C(C)C. The van der Waals surface area contributed by atoms with Gasteiger partial charge in [-0.2, -0.15) is 0 Å². The Labute approximate surface area is 247 Å². The molecular formula is C31H43NO10. The fourth-order valence-corrected chi connectivity index (χ4v) is 5.06. The highest BCUT2D eigenvalue weighted by Crippen LogP contribution is 2.36. The van der Waals surface area contributed by atoms with E-state index in [1.807, 2.05) is 13.8 Å². The van der Waals surface area contributed by atoms with Crippen LogP contribution in [0.1, 0.15) is 53.0 Å². The maximum absolute atomic E-state index is 14.1. The van der Waals surface area contributed by atoms with E-state index in [1.54, 1.807) is 44.2 Å². The highest BCUT2D eigenvalue weighted by Gasteiger charge is 2.54. The Kier molecular flexibility index (Phi) is 14.0. The predicted molar refractivity (Wildman–Crippen MR) is 152 cm³/mol. The largest absolute Gasteiger partial charge is 0.453 e. The fourth-order valence-electron chi connectivity index (χ4n) is 5.06. The molecule has 0 unspecified atom stereocenters. The van der Waals surface area contributed by atoms with Crippen molar-refractivity contribution in [1.29, 1.82) is 0 Å². The zero-order valence-corrected chi connectivity index (χ0v) is 25.1. The van der Waals surface area contributed by atoms with Crippen LogP contribution in [-0.4, -0.2) is 90.3 Å². The Morgan fingerprint density at radius 1 is 1.02 bits per heavy atom. The molecule has 0 saturated carbocycles. The van der Waals surface area contributed by atoms with Gasteiger partial charge in [-0.05, 0) is 50.3 Å². The number of hydrogen-bond acceptors (Lipinski definition) is 10. The van der Waals surface area contributed by atoms with Gasteiger partial charge in [0.05, 0.1) is 38.4 Å². The van der Waals surface area contributed by atoms with Crippen LogP contribution in [0.25, 0.3) is 0 Å². The molecule has 1 fully saturated rings.